The lowest BCUT2D eigenvalue weighted by molar-refractivity contribution is -0.0205. The molecule has 2 rings (SSSR count). The number of benzene rings is 1. The van der Waals surface area contributed by atoms with E-state index in [0.29, 0.717) is 0 Å². The maximum absolute atomic E-state index is 6.18. The van der Waals surface area contributed by atoms with Crippen LogP contribution >= 0.6 is 0 Å². The highest BCUT2D eigenvalue weighted by Crippen LogP contribution is 2.25. The minimum Gasteiger partial charge on any atom is -0.369 e. The Morgan fingerprint density at radius 1 is 1.12 bits per heavy atom. The van der Waals surface area contributed by atoms with Gasteiger partial charge in [0.05, 0.1) is 12.2 Å². The zero-order valence-corrected chi connectivity index (χ0v) is 10.6. The molecule has 1 aliphatic carbocycles. The summed E-state index contributed by atoms with van der Waals surface area (Å²) in [7, 11) is 0. The Balaban J connectivity index is 1.95. The minimum absolute atomic E-state index is 0.144. The molecule has 0 radical (unpaired) electrons. The smallest absolute Gasteiger partial charge is 0.0801 e. The van der Waals surface area contributed by atoms with Gasteiger partial charge in [0.2, 0.25) is 0 Å². The molecule has 2 nitrogen and oxygen atoms in total. The Morgan fingerprint density at radius 2 is 1.82 bits per heavy atom. The van der Waals surface area contributed by atoms with E-state index in [2.05, 4.69) is 31.2 Å². The van der Waals surface area contributed by atoms with Gasteiger partial charge in [0.1, 0.15) is 0 Å². The van der Waals surface area contributed by atoms with E-state index in [4.69, 9.17) is 10.5 Å². The molecule has 0 bridgehead atoms. The summed E-state index contributed by atoms with van der Waals surface area (Å²) >= 11 is 0. The van der Waals surface area contributed by atoms with Crippen LogP contribution in [0.15, 0.2) is 30.3 Å². The molecule has 0 amide bonds. The first-order chi connectivity index (χ1) is 8.27. The molecule has 2 N–H and O–H groups in total. The lowest BCUT2D eigenvalue weighted by Gasteiger charge is -2.26. The molecule has 1 aromatic rings. The van der Waals surface area contributed by atoms with Crippen molar-refractivity contribution in [3.05, 3.63) is 35.9 Å². The van der Waals surface area contributed by atoms with Crippen LogP contribution in [0.4, 0.5) is 0 Å². The monoisotopic (exact) mass is 233 g/mol. The van der Waals surface area contributed by atoms with Gasteiger partial charge in [-0.1, -0.05) is 49.6 Å². The summed E-state index contributed by atoms with van der Waals surface area (Å²) < 4.78 is 6.14. The van der Waals surface area contributed by atoms with Crippen LogP contribution < -0.4 is 5.73 Å². The highest BCUT2D eigenvalue weighted by atomic mass is 16.5. The topological polar surface area (TPSA) is 35.2 Å². The number of nitrogens with two attached hydrogens (primary N) is 1. The highest BCUT2D eigenvalue weighted by Gasteiger charge is 2.23. The highest BCUT2D eigenvalue weighted by molar-refractivity contribution is 5.16. The van der Waals surface area contributed by atoms with Gasteiger partial charge in [0, 0.05) is 6.04 Å². The fourth-order valence-electron chi connectivity index (χ4n) is 2.54. The molecule has 0 aliphatic heterocycles. The minimum atomic E-state index is 0.144. The number of rotatable bonds is 3. The van der Waals surface area contributed by atoms with E-state index in [1.54, 1.807) is 0 Å². The summed E-state index contributed by atoms with van der Waals surface area (Å²) in [5.41, 5.74) is 7.42. The van der Waals surface area contributed by atoms with Crippen molar-refractivity contribution >= 4 is 0 Å². The van der Waals surface area contributed by atoms with Crippen molar-refractivity contribution in [2.45, 2.75) is 57.3 Å². The number of hydrogen-bond donors (Lipinski definition) is 1. The van der Waals surface area contributed by atoms with Gasteiger partial charge in [-0.2, -0.15) is 0 Å². The van der Waals surface area contributed by atoms with E-state index < -0.39 is 0 Å². The van der Waals surface area contributed by atoms with Crippen LogP contribution in [0.3, 0.4) is 0 Å². The molecule has 3 atom stereocenters. The fourth-order valence-corrected chi connectivity index (χ4v) is 2.54. The average molecular weight is 233 g/mol. The first-order valence-electron chi connectivity index (χ1n) is 6.73. The summed E-state index contributed by atoms with van der Waals surface area (Å²) in [6.45, 7) is 2.12. The third kappa shape index (κ3) is 3.55. The van der Waals surface area contributed by atoms with Gasteiger partial charge < -0.3 is 10.5 Å². The molecular weight excluding hydrogens is 210 g/mol. The van der Waals surface area contributed by atoms with Crippen LogP contribution in [-0.4, -0.2) is 12.1 Å². The zero-order chi connectivity index (χ0) is 12.1. The Morgan fingerprint density at radius 3 is 2.59 bits per heavy atom. The van der Waals surface area contributed by atoms with Gasteiger partial charge in [-0.3, -0.25) is 0 Å². The summed E-state index contributed by atoms with van der Waals surface area (Å²) in [6.07, 6.45) is 6.39. The summed E-state index contributed by atoms with van der Waals surface area (Å²) in [5.74, 6) is 0. The molecule has 1 fully saturated rings. The van der Waals surface area contributed by atoms with E-state index in [-0.39, 0.29) is 18.2 Å². The maximum atomic E-state index is 6.18. The Hall–Kier alpha value is -0.860. The number of ether oxygens (including phenoxy) is 1. The first kappa shape index (κ1) is 12.6. The van der Waals surface area contributed by atoms with Crippen molar-refractivity contribution in [2.75, 3.05) is 0 Å². The van der Waals surface area contributed by atoms with Crippen LogP contribution in [0.2, 0.25) is 0 Å². The molecule has 0 spiro atoms. The zero-order valence-electron chi connectivity index (χ0n) is 10.6. The predicted octanol–water partition coefficient (Wildman–Crippen LogP) is 3.42. The normalized spacial score (nSPS) is 27.4. The van der Waals surface area contributed by atoms with Gasteiger partial charge in [-0.15, -0.1) is 0 Å². The van der Waals surface area contributed by atoms with E-state index in [1.165, 1.54) is 24.8 Å². The van der Waals surface area contributed by atoms with Crippen LogP contribution in [0.1, 0.15) is 50.7 Å². The van der Waals surface area contributed by atoms with E-state index >= 15 is 0 Å². The van der Waals surface area contributed by atoms with E-state index in [1.807, 2.05) is 6.07 Å². The molecule has 17 heavy (non-hydrogen) atoms. The second kappa shape index (κ2) is 6.18. The molecular formula is C15H23NO. The third-order valence-corrected chi connectivity index (χ3v) is 3.65. The van der Waals surface area contributed by atoms with Crippen molar-refractivity contribution < 1.29 is 4.74 Å². The molecule has 1 aliphatic rings. The van der Waals surface area contributed by atoms with E-state index in [9.17, 15) is 0 Å². The van der Waals surface area contributed by atoms with Crippen LogP contribution in [0, 0.1) is 0 Å². The SMILES string of the molecule is CC(OC1CCCCCC1N)c1ccccc1. The molecule has 0 saturated heterocycles. The van der Waals surface area contributed by atoms with E-state index in [0.717, 1.165) is 12.8 Å². The van der Waals surface area contributed by atoms with Crippen molar-refractivity contribution in [3.63, 3.8) is 0 Å². The first-order valence-corrected chi connectivity index (χ1v) is 6.73. The molecule has 94 valence electrons. The standard InChI is InChI=1S/C15H23NO/c1-12(13-8-4-2-5-9-13)17-15-11-7-3-6-10-14(15)16/h2,4-5,8-9,12,14-15H,3,6-7,10-11,16H2,1H3. The summed E-state index contributed by atoms with van der Waals surface area (Å²) in [5, 5.41) is 0. The maximum Gasteiger partial charge on any atom is 0.0801 e. The van der Waals surface area contributed by atoms with Crippen molar-refractivity contribution in [3.8, 4) is 0 Å². The predicted molar refractivity (Wildman–Crippen MR) is 70.8 cm³/mol. The Kier molecular flexibility index (Phi) is 4.57. The van der Waals surface area contributed by atoms with Gasteiger partial charge in [0.25, 0.3) is 0 Å². The molecule has 1 aromatic carbocycles. The molecule has 3 unspecified atom stereocenters. The van der Waals surface area contributed by atoms with Crippen LogP contribution in [0.5, 0.6) is 0 Å². The lowest BCUT2D eigenvalue weighted by atomic mass is 10.1. The quantitative estimate of drug-likeness (QED) is 0.812. The summed E-state index contributed by atoms with van der Waals surface area (Å²) in [4.78, 5) is 0. The van der Waals surface area contributed by atoms with Crippen molar-refractivity contribution in [1.29, 1.82) is 0 Å². The van der Waals surface area contributed by atoms with Crippen LogP contribution in [0.25, 0.3) is 0 Å². The molecule has 0 heterocycles. The Bertz CT molecular complexity index is 325. The molecule has 0 aromatic heterocycles. The molecule has 2 heteroatoms. The van der Waals surface area contributed by atoms with Gasteiger partial charge in [-0.05, 0) is 25.3 Å². The second-order valence-corrected chi connectivity index (χ2v) is 5.03. The second-order valence-electron chi connectivity index (χ2n) is 5.03. The van der Waals surface area contributed by atoms with Crippen molar-refractivity contribution in [2.24, 2.45) is 5.73 Å². The van der Waals surface area contributed by atoms with Gasteiger partial charge in [-0.25, -0.2) is 0 Å². The lowest BCUT2D eigenvalue weighted by Crippen LogP contribution is -2.36. The van der Waals surface area contributed by atoms with Crippen molar-refractivity contribution in [1.82, 2.24) is 0 Å². The van der Waals surface area contributed by atoms with Gasteiger partial charge in [0.15, 0.2) is 0 Å². The Labute approximate surface area is 104 Å². The van der Waals surface area contributed by atoms with Crippen LogP contribution in [-0.2, 0) is 4.74 Å². The average Bonchev–Trinajstić information content (AvgIpc) is 2.56. The largest absolute Gasteiger partial charge is 0.369 e. The third-order valence-electron chi connectivity index (χ3n) is 3.65. The number of hydrogen-bond acceptors (Lipinski definition) is 2. The summed E-state index contributed by atoms with van der Waals surface area (Å²) in [6, 6.07) is 10.6. The van der Waals surface area contributed by atoms with Gasteiger partial charge >= 0.3 is 0 Å². The fraction of sp³-hybridized carbons (Fsp3) is 0.600. The molecule has 1 saturated carbocycles.